The van der Waals surface area contributed by atoms with Crippen LogP contribution in [0.3, 0.4) is 0 Å². The van der Waals surface area contributed by atoms with Gasteiger partial charge in [-0.2, -0.15) is 0 Å². The van der Waals surface area contributed by atoms with Crippen LogP contribution in [-0.2, 0) is 0 Å². The van der Waals surface area contributed by atoms with Gasteiger partial charge in [0.15, 0.2) is 0 Å². The van der Waals surface area contributed by atoms with Gasteiger partial charge in [-0.25, -0.2) is 9.97 Å². The quantitative estimate of drug-likeness (QED) is 0.923. The SMILES string of the molecule is COc1ccc(C(=O)Nc2ncccn2)c(OC)c1C. The first-order chi connectivity index (χ1) is 9.67. The second-order valence-electron chi connectivity index (χ2n) is 4.00. The predicted octanol–water partition coefficient (Wildman–Crippen LogP) is 2.05. The van der Waals surface area contributed by atoms with Crippen LogP contribution in [0.5, 0.6) is 11.5 Å². The molecule has 2 aromatic rings. The van der Waals surface area contributed by atoms with E-state index in [1.165, 1.54) is 7.11 Å². The third kappa shape index (κ3) is 2.69. The Morgan fingerprint density at radius 2 is 1.85 bits per heavy atom. The minimum atomic E-state index is -0.334. The summed E-state index contributed by atoms with van der Waals surface area (Å²) < 4.78 is 10.5. The second kappa shape index (κ2) is 6.01. The van der Waals surface area contributed by atoms with Gasteiger partial charge in [0.25, 0.3) is 5.91 Å². The fourth-order valence-electron chi connectivity index (χ4n) is 1.87. The first-order valence-electron chi connectivity index (χ1n) is 5.97. The molecule has 0 saturated heterocycles. The molecule has 0 spiro atoms. The molecule has 6 heteroatoms. The van der Waals surface area contributed by atoms with E-state index in [4.69, 9.17) is 9.47 Å². The average Bonchev–Trinajstić information content (AvgIpc) is 2.47. The van der Waals surface area contributed by atoms with Crippen LogP contribution >= 0.6 is 0 Å². The Bertz CT molecular complexity index is 615. The lowest BCUT2D eigenvalue weighted by molar-refractivity contribution is 0.102. The van der Waals surface area contributed by atoms with E-state index in [-0.39, 0.29) is 11.9 Å². The molecule has 0 fully saturated rings. The largest absolute Gasteiger partial charge is 0.496 e. The number of anilines is 1. The monoisotopic (exact) mass is 273 g/mol. The molecule has 20 heavy (non-hydrogen) atoms. The van der Waals surface area contributed by atoms with Gasteiger partial charge < -0.3 is 9.47 Å². The van der Waals surface area contributed by atoms with Crippen LogP contribution < -0.4 is 14.8 Å². The number of amides is 1. The van der Waals surface area contributed by atoms with Crippen LogP contribution in [0.2, 0.25) is 0 Å². The molecule has 104 valence electrons. The van der Waals surface area contributed by atoms with Crippen molar-refractivity contribution in [2.45, 2.75) is 6.92 Å². The van der Waals surface area contributed by atoms with Gasteiger partial charge in [0.1, 0.15) is 11.5 Å². The molecule has 0 bridgehead atoms. The van der Waals surface area contributed by atoms with E-state index >= 15 is 0 Å². The second-order valence-corrected chi connectivity index (χ2v) is 4.00. The summed E-state index contributed by atoms with van der Waals surface area (Å²) in [5.74, 6) is 1.04. The number of nitrogens with one attached hydrogen (secondary N) is 1. The Balaban J connectivity index is 2.33. The molecule has 0 atom stereocenters. The molecular formula is C14H15N3O3. The van der Waals surface area contributed by atoms with Crippen LogP contribution in [0.1, 0.15) is 15.9 Å². The van der Waals surface area contributed by atoms with Crippen LogP contribution in [0.15, 0.2) is 30.6 Å². The van der Waals surface area contributed by atoms with Crippen molar-refractivity contribution in [3.63, 3.8) is 0 Å². The Morgan fingerprint density at radius 3 is 2.45 bits per heavy atom. The van der Waals surface area contributed by atoms with Gasteiger partial charge in [-0.15, -0.1) is 0 Å². The zero-order chi connectivity index (χ0) is 14.5. The van der Waals surface area contributed by atoms with Crippen LogP contribution in [0, 0.1) is 6.92 Å². The van der Waals surface area contributed by atoms with Gasteiger partial charge in [-0.3, -0.25) is 10.1 Å². The Labute approximate surface area is 116 Å². The van der Waals surface area contributed by atoms with Gasteiger partial charge in [0.2, 0.25) is 5.95 Å². The lowest BCUT2D eigenvalue weighted by atomic mass is 10.1. The van der Waals surface area contributed by atoms with Crippen molar-refractivity contribution < 1.29 is 14.3 Å². The van der Waals surface area contributed by atoms with Crippen LogP contribution in [0.25, 0.3) is 0 Å². The normalized spacial score (nSPS) is 9.95. The molecule has 1 amide bonds. The number of aromatic nitrogens is 2. The summed E-state index contributed by atoms with van der Waals surface area (Å²) in [6.07, 6.45) is 3.11. The highest BCUT2D eigenvalue weighted by molar-refractivity contribution is 6.05. The smallest absolute Gasteiger partial charge is 0.261 e. The summed E-state index contributed by atoms with van der Waals surface area (Å²) in [4.78, 5) is 20.1. The molecular weight excluding hydrogens is 258 g/mol. The Kier molecular flexibility index (Phi) is 4.14. The van der Waals surface area contributed by atoms with E-state index in [0.717, 1.165) is 5.56 Å². The number of hydrogen-bond donors (Lipinski definition) is 1. The lowest BCUT2D eigenvalue weighted by Gasteiger charge is -2.13. The van der Waals surface area contributed by atoms with Gasteiger partial charge in [-0.1, -0.05) is 0 Å². The lowest BCUT2D eigenvalue weighted by Crippen LogP contribution is -2.15. The molecule has 0 unspecified atom stereocenters. The first kappa shape index (κ1) is 13.8. The summed E-state index contributed by atoms with van der Waals surface area (Å²) in [6, 6.07) is 5.04. The average molecular weight is 273 g/mol. The van der Waals surface area contributed by atoms with Crippen molar-refractivity contribution in [1.29, 1.82) is 0 Å². The van der Waals surface area contributed by atoms with Gasteiger partial charge in [-0.05, 0) is 25.1 Å². The number of methoxy groups -OCH3 is 2. The summed E-state index contributed by atoms with van der Waals surface area (Å²) in [5.41, 5.74) is 1.16. The summed E-state index contributed by atoms with van der Waals surface area (Å²) in [5, 5.41) is 2.62. The van der Waals surface area contributed by atoms with E-state index in [9.17, 15) is 4.79 Å². The number of carbonyl (C=O) groups is 1. The van der Waals surface area contributed by atoms with Gasteiger partial charge in [0, 0.05) is 18.0 Å². The van der Waals surface area contributed by atoms with Crippen molar-refractivity contribution in [1.82, 2.24) is 9.97 Å². The molecule has 0 saturated carbocycles. The summed E-state index contributed by atoms with van der Waals surface area (Å²) >= 11 is 0. The number of nitrogens with zero attached hydrogens (tertiary/aromatic N) is 2. The van der Waals surface area contributed by atoms with Gasteiger partial charge in [0.05, 0.1) is 19.8 Å². The molecule has 0 aliphatic rings. The van der Waals surface area contributed by atoms with E-state index in [2.05, 4.69) is 15.3 Å². The molecule has 2 rings (SSSR count). The zero-order valence-electron chi connectivity index (χ0n) is 11.5. The fraction of sp³-hybridized carbons (Fsp3) is 0.214. The van der Waals surface area contributed by atoms with E-state index in [1.54, 1.807) is 37.7 Å². The zero-order valence-corrected chi connectivity index (χ0v) is 11.5. The fourth-order valence-corrected chi connectivity index (χ4v) is 1.87. The third-order valence-electron chi connectivity index (χ3n) is 2.82. The van der Waals surface area contributed by atoms with E-state index in [1.807, 2.05) is 6.92 Å². The molecule has 0 radical (unpaired) electrons. The molecule has 1 aromatic heterocycles. The highest BCUT2D eigenvalue weighted by Gasteiger charge is 2.17. The van der Waals surface area contributed by atoms with Crippen molar-refractivity contribution in [2.24, 2.45) is 0 Å². The highest BCUT2D eigenvalue weighted by Crippen LogP contribution is 2.31. The maximum absolute atomic E-state index is 12.2. The molecule has 1 heterocycles. The molecule has 0 aliphatic carbocycles. The van der Waals surface area contributed by atoms with E-state index < -0.39 is 0 Å². The minimum absolute atomic E-state index is 0.244. The number of rotatable bonds is 4. The molecule has 0 aliphatic heterocycles. The maximum Gasteiger partial charge on any atom is 0.261 e. The standard InChI is InChI=1S/C14H15N3O3/c1-9-11(19-2)6-5-10(12(9)20-3)13(18)17-14-15-7-4-8-16-14/h4-8H,1-3H3,(H,15,16,17,18). The Hall–Kier alpha value is -2.63. The van der Waals surface area contributed by atoms with Crippen molar-refractivity contribution in [3.8, 4) is 11.5 Å². The third-order valence-corrected chi connectivity index (χ3v) is 2.82. The van der Waals surface area contributed by atoms with Crippen molar-refractivity contribution in [2.75, 3.05) is 19.5 Å². The maximum atomic E-state index is 12.2. The molecule has 1 N–H and O–H groups in total. The van der Waals surface area contributed by atoms with Crippen molar-refractivity contribution >= 4 is 11.9 Å². The van der Waals surface area contributed by atoms with E-state index in [0.29, 0.717) is 17.1 Å². The van der Waals surface area contributed by atoms with Crippen molar-refractivity contribution in [3.05, 3.63) is 41.7 Å². The molecule has 6 nitrogen and oxygen atoms in total. The number of ether oxygens (including phenoxy) is 2. The topological polar surface area (TPSA) is 73.3 Å². The highest BCUT2D eigenvalue weighted by atomic mass is 16.5. The summed E-state index contributed by atoms with van der Waals surface area (Å²) in [7, 11) is 3.08. The van der Waals surface area contributed by atoms with Crippen LogP contribution in [0.4, 0.5) is 5.95 Å². The van der Waals surface area contributed by atoms with Crippen LogP contribution in [-0.4, -0.2) is 30.1 Å². The number of benzene rings is 1. The predicted molar refractivity (Wildman–Crippen MR) is 74.3 cm³/mol. The number of hydrogen-bond acceptors (Lipinski definition) is 5. The molecule has 1 aromatic carbocycles. The van der Waals surface area contributed by atoms with Gasteiger partial charge >= 0.3 is 0 Å². The summed E-state index contributed by atoms with van der Waals surface area (Å²) in [6.45, 7) is 1.83. The first-order valence-corrected chi connectivity index (χ1v) is 5.97. The Morgan fingerprint density at radius 1 is 1.15 bits per heavy atom. The minimum Gasteiger partial charge on any atom is -0.496 e. The number of carbonyl (C=O) groups excluding carboxylic acids is 1.